The molecule has 16 aromatic rings. The molecule has 18 rings (SSSR count). The maximum Gasteiger partial charge on any atom is 0.256 e. The number of hydrogen-bond acceptors (Lipinski definition) is 4. The van der Waals surface area contributed by atoms with E-state index >= 15 is 0 Å². The van der Waals surface area contributed by atoms with E-state index in [9.17, 15) is 0 Å². The lowest BCUT2D eigenvalue weighted by Gasteiger charge is -2.41. The summed E-state index contributed by atoms with van der Waals surface area (Å²) in [6, 6.07) is 90.0. The van der Waals surface area contributed by atoms with E-state index in [1.165, 1.54) is 123 Å². The molecule has 2 aliphatic heterocycles. The summed E-state index contributed by atoms with van der Waals surface area (Å²) in [4.78, 5) is 2.61. The van der Waals surface area contributed by atoms with Crippen LogP contribution in [0.1, 0.15) is 79.0 Å². The van der Waals surface area contributed by atoms with Crippen LogP contribution < -0.4 is 26.0 Å². The van der Waals surface area contributed by atoms with Gasteiger partial charge in [-0.1, -0.05) is 196 Å². The number of anilines is 3. The zero-order valence-electron chi connectivity index (χ0n) is 52.7. The Morgan fingerprint density at radius 3 is 1.56 bits per heavy atom. The van der Waals surface area contributed by atoms with Gasteiger partial charge in [0.25, 0.3) is 6.71 Å². The first-order valence-corrected chi connectivity index (χ1v) is 33.6. The van der Waals surface area contributed by atoms with Gasteiger partial charge in [0, 0.05) is 96.3 Å². The van der Waals surface area contributed by atoms with Gasteiger partial charge in [-0.05, 0) is 163 Å². The second kappa shape index (κ2) is 19.4. The molecule has 0 N–H and O–H groups in total. The summed E-state index contributed by atoms with van der Waals surface area (Å²) in [6.07, 6.45) is 0. The van der Waals surface area contributed by atoms with Gasteiger partial charge in [-0.15, -0.1) is 22.7 Å². The molecule has 0 saturated heterocycles. The van der Waals surface area contributed by atoms with Crippen molar-refractivity contribution < 1.29 is 4.74 Å². The van der Waals surface area contributed by atoms with E-state index in [2.05, 4.69) is 313 Å². The molecule has 2 aliphatic rings. The third-order valence-electron chi connectivity index (χ3n) is 19.8. The zero-order valence-corrected chi connectivity index (χ0v) is 54.3. The van der Waals surface area contributed by atoms with E-state index in [0.717, 1.165) is 56.4 Å². The molecule has 4 nitrogen and oxygen atoms in total. The number of thiophene rings is 2. The molecule has 7 heteroatoms. The molecule has 12 aromatic carbocycles. The van der Waals surface area contributed by atoms with Crippen molar-refractivity contribution in [1.82, 2.24) is 9.13 Å². The smallest absolute Gasteiger partial charge is 0.256 e. The molecule has 438 valence electrons. The van der Waals surface area contributed by atoms with Crippen LogP contribution in [-0.2, 0) is 16.2 Å². The molecule has 0 fully saturated rings. The number of nitrogens with zero attached hydrogens (tertiary/aromatic N) is 3. The lowest BCUT2D eigenvalue weighted by molar-refractivity contribution is 0.487. The van der Waals surface area contributed by atoms with Crippen LogP contribution in [0.4, 0.5) is 17.1 Å². The van der Waals surface area contributed by atoms with E-state index in [4.69, 9.17) is 4.74 Å². The first-order chi connectivity index (χ1) is 44.0. The van der Waals surface area contributed by atoms with Crippen molar-refractivity contribution in [3.05, 3.63) is 253 Å². The molecule has 0 saturated carbocycles. The van der Waals surface area contributed by atoms with Gasteiger partial charge in [0.2, 0.25) is 0 Å². The molecular weight excluding hydrogens is 1140 g/mol. The van der Waals surface area contributed by atoms with E-state index in [-0.39, 0.29) is 23.0 Å². The Balaban J connectivity index is 0.944. The van der Waals surface area contributed by atoms with Crippen LogP contribution in [0, 0.1) is 0 Å². The van der Waals surface area contributed by atoms with Crippen molar-refractivity contribution >= 4 is 147 Å². The van der Waals surface area contributed by atoms with Crippen LogP contribution in [0.2, 0.25) is 0 Å². The molecule has 0 atom stereocenters. The number of rotatable bonds is 5. The van der Waals surface area contributed by atoms with E-state index in [1.54, 1.807) is 0 Å². The number of aromatic nitrogens is 2. The van der Waals surface area contributed by atoms with Gasteiger partial charge in [-0.3, -0.25) is 0 Å². The predicted octanol–water partition coefficient (Wildman–Crippen LogP) is 22.2. The largest absolute Gasteiger partial charge is 0.458 e. The topological polar surface area (TPSA) is 22.3 Å². The van der Waals surface area contributed by atoms with Gasteiger partial charge in [-0.2, -0.15) is 0 Å². The summed E-state index contributed by atoms with van der Waals surface area (Å²) in [5.41, 5.74) is 22.2. The van der Waals surface area contributed by atoms with Gasteiger partial charge < -0.3 is 18.8 Å². The summed E-state index contributed by atoms with van der Waals surface area (Å²) in [7, 11) is 0. The highest BCUT2D eigenvalue weighted by Gasteiger charge is 2.44. The number of benzene rings is 12. The third kappa shape index (κ3) is 8.19. The highest BCUT2D eigenvalue weighted by Crippen LogP contribution is 2.52. The van der Waals surface area contributed by atoms with Crippen LogP contribution in [-0.4, -0.2) is 15.8 Å². The van der Waals surface area contributed by atoms with Crippen molar-refractivity contribution in [1.29, 1.82) is 0 Å². The van der Waals surface area contributed by atoms with Crippen LogP contribution in [0.3, 0.4) is 0 Å². The minimum absolute atomic E-state index is 0.0290. The highest BCUT2D eigenvalue weighted by molar-refractivity contribution is 7.28. The maximum absolute atomic E-state index is 7.70. The summed E-state index contributed by atoms with van der Waals surface area (Å²) in [5.74, 6) is 1.73. The van der Waals surface area contributed by atoms with Gasteiger partial charge >= 0.3 is 0 Å². The minimum Gasteiger partial charge on any atom is -0.458 e. The Kier molecular flexibility index (Phi) is 11.6. The lowest BCUT2D eigenvalue weighted by Crippen LogP contribution is -2.59. The number of hydrogen-bond donors (Lipinski definition) is 0. The van der Waals surface area contributed by atoms with Gasteiger partial charge in [0.15, 0.2) is 0 Å². The summed E-state index contributed by atoms with van der Waals surface area (Å²) < 4.78 is 17.9. The number of ether oxygens (including phenoxy) is 1. The fraction of sp³-hybridized carbons (Fsp3) is 0.143. The van der Waals surface area contributed by atoms with Crippen molar-refractivity contribution in [2.45, 2.75) is 78.6 Å². The predicted molar refractivity (Wildman–Crippen MR) is 394 cm³/mol. The van der Waals surface area contributed by atoms with Crippen LogP contribution in [0.25, 0.3) is 118 Å². The van der Waals surface area contributed by atoms with Crippen molar-refractivity contribution in [3.8, 4) is 45.1 Å². The standard InChI is InChI=1S/C84H66BN3OS2/c1-82(2,3)51-30-37-68(61(44-51)49-20-11-10-12-21-49)88-71-47-54(86-69-38-31-52(83(4,5)6)45-62(69)63-46-53(84(7,8)9)32-39-70(63)86)33-35-64(71)85-65-36-34-55(87-66-27-16-13-22-57(66)58-23-14-17-28-67(58)87)48-73(65)89-74-43-50(42-72(88)80(74)85)56-25-19-26-60-79-77(91-81(56)60)41-40-76-78(79)59-24-15-18-29-75(59)90-76/h10-48H,1-9H3. The Morgan fingerprint density at radius 1 is 0.341 bits per heavy atom. The second-order valence-electron chi connectivity index (χ2n) is 28.5. The Labute approximate surface area is 538 Å². The van der Waals surface area contributed by atoms with Gasteiger partial charge in [0.05, 0.1) is 27.8 Å². The average molecular weight is 1210 g/mol. The van der Waals surface area contributed by atoms with Gasteiger partial charge in [0.1, 0.15) is 11.5 Å². The van der Waals surface area contributed by atoms with Crippen molar-refractivity contribution in [3.63, 3.8) is 0 Å². The average Bonchev–Trinajstić information content (AvgIpc) is 1.26. The van der Waals surface area contributed by atoms with Crippen molar-refractivity contribution in [2.24, 2.45) is 0 Å². The summed E-state index contributed by atoms with van der Waals surface area (Å²) >= 11 is 3.79. The monoisotopic (exact) mass is 1210 g/mol. The molecular formula is C84H66BN3OS2. The molecule has 6 heterocycles. The SMILES string of the molecule is CC(C)(C)c1ccc(N2c3cc(-n4c5ccc(C(C)(C)C)cc5c5cc(C(C)(C)C)ccc54)ccc3B3c4ccc(-n5c6ccccc6c6ccccc65)cc4Oc4cc(-c5cccc6c5sc5ccc7sc8ccccc8c7c56)cc2c43)c(-c2ccccc2)c1. The molecule has 0 bridgehead atoms. The van der Waals surface area contributed by atoms with E-state index in [0.29, 0.717) is 0 Å². The Bertz CT molecular complexity index is 5650. The minimum atomic E-state index is -0.175. The summed E-state index contributed by atoms with van der Waals surface area (Å²) in [5, 5.41) is 10.3. The zero-order chi connectivity index (χ0) is 61.6. The second-order valence-corrected chi connectivity index (χ2v) is 30.6. The molecule has 0 spiro atoms. The first-order valence-electron chi connectivity index (χ1n) is 32.0. The van der Waals surface area contributed by atoms with Gasteiger partial charge in [-0.25, -0.2) is 0 Å². The summed E-state index contributed by atoms with van der Waals surface area (Å²) in [6.45, 7) is 20.7. The molecule has 4 aromatic heterocycles. The van der Waals surface area contributed by atoms with Crippen LogP contribution in [0.5, 0.6) is 11.5 Å². The maximum atomic E-state index is 7.70. The van der Waals surface area contributed by atoms with Crippen LogP contribution >= 0.6 is 22.7 Å². The quantitative estimate of drug-likeness (QED) is 0.160. The van der Waals surface area contributed by atoms with Crippen LogP contribution in [0.15, 0.2) is 237 Å². The Hall–Kier alpha value is -9.66. The fourth-order valence-electron chi connectivity index (χ4n) is 15.2. The fourth-order valence-corrected chi connectivity index (χ4v) is 17.6. The van der Waals surface area contributed by atoms with Crippen molar-refractivity contribution in [2.75, 3.05) is 4.90 Å². The normalized spacial score (nSPS) is 13.4. The molecule has 0 amide bonds. The third-order valence-corrected chi connectivity index (χ3v) is 22.2. The van der Waals surface area contributed by atoms with E-state index in [1.807, 2.05) is 22.7 Å². The number of fused-ring (bicyclic) bond motifs is 17. The first kappa shape index (κ1) is 54.3. The highest BCUT2D eigenvalue weighted by atomic mass is 32.1. The molecule has 91 heavy (non-hydrogen) atoms. The van der Waals surface area contributed by atoms with E-state index < -0.39 is 0 Å². The molecule has 0 radical (unpaired) electrons. The molecule has 0 unspecified atom stereocenters. The number of para-hydroxylation sites is 2. The lowest BCUT2D eigenvalue weighted by atomic mass is 9.34. The molecule has 0 aliphatic carbocycles. The Morgan fingerprint density at radius 2 is 0.890 bits per heavy atom.